The molecule has 2 aliphatic rings. The number of carbonyl (C=O) groups is 2. The smallest absolute Gasteiger partial charge is 0.254 e. The fourth-order valence-electron chi connectivity index (χ4n) is 3.22. The average molecular weight is 317 g/mol. The van der Waals surface area contributed by atoms with Gasteiger partial charge in [-0.1, -0.05) is 6.07 Å². The molecule has 0 unspecified atom stereocenters. The van der Waals surface area contributed by atoms with Gasteiger partial charge in [0.25, 0.3) is 5.91 Å². The van der Waals surface area contributed by atoms with Crippen LogP contribution in [0.4, 0.5) is 0 Å². The van der Waals surface area contributed by atoms with Crippen molar-refractivity contribution in [1.82, 2.24) is 15.1 Å². The van der Waals surface area contributed by atoms with Crippen LogP contribution in [0.15, 0.2) is 18.2 Å². The molecular formula is C17H23N3O3. The molecule has 2 fully saturated rings. The number of carbonyl (C=O) groups excluding carboxylic acids is 2. The highest BCUT2D eigenvalue weighted by Crippen LogP contribution is 2.21. The van der Waals surface area contributed by atoms with Crippen LogP contribution in [-0.2, 0) is 4.79 Å². The minimum atomic E-state index is -0.460. The van der Waals surface area contributed by atoms with E-state index in [1.807, 2.05) is 4.90 Å². The number of piperazine rings is 1. The number of aromatic hydroxyl groups is 1. The molecule has 0 aromatic heterocycles. The van der Waals surface area contributed by atoms with Crippen molar-refractivity contribution in [2.45, 2.75) is 25.8 Å². The highest BCUT2D eigenvalue weighted by Gasteiger charge is 2.35. The lowest BCUT2D eigenvalue weighted by Gasteiger charge is -2.37. The number of amides is 2. The van der Waals surface area contributed by atoms with Crippen LogP contribution >= 0.6 is 0 Å². The SMILES string of the molecule is Cc1ccc(C(=O)N2CCNC[C@@H]2C(=O)N2CCCC2)cc1O. The summed E-state index contributed by atoms with van der Waals surface area (Å²) in [5, 5.41) is 13.0. The fourth-order valence-corrected chi connectivity index (χ4v) is 3.22. The van der Waals surface area contributed by atoms with E-state index in [-0.39, 0.29) is 17.6 Å². The van der Waals surface area contributed by atoms with Crippen LogP contribution in [-0.4, -0.2) is 65.5 Å². The molecule has 23 heavy (non-hydrogen) atoms. The first-order valence-electron chi connectivity index (χ1n) is 8.18. The molecule has 6 nitrogen and oxygen atoms in total. The van der Waals surface area contributed by atoms with Crippen LogP contribution < -0.4 is 5.32 Å². The normalized spacial score (nSPS) is 21.5. The monoisotopic (exact) mass is 317 g/mol. The number of benzene rings is 1. The number of hydrogen-bond acceptors (Lipinski definition) is 4. The minimum Gasteiger partial charge on any atom is -0.508 e. The number of aryl methyl sites for hydroxylation is 1. The first kappa shape index (κ1) is 15.8. The first-order valence-corrected chi connectivity index (χ1v) is 8.18. The summed E-state index contributed by atoms with van der Waals surface area (Å²) in [5.74, 6) is -0.0628. The van der Waals surface area contributed by atoms with Crippen molar-refractivity contribution >= 4 is 11.8 Å². The van der Waals surface area contributed by atoms with Crippen molar-refractivity contribution in [3.8, 4) is 5.75 Å². The van der Waals surface area contributed by atoms with Crippen molar-refractivity contribution in [1.29, 1.82) is 0 Å². The van der Waals surface area contributed by atoms with Gasteiger partial charge < -0.3 is 20.2 Å². The lowest BCUT2D eigenvalue weighted by atomic mass is 10.1. The molecule has 2 amide bonds. The molecule has 2 saturated heterocycles. The summed E-state index contributed by atoms with van der Waals surface area (Å²) < 4.78 is 0. The van der Waals surface area contributed by atoms with E-state index in [4.69, 9.17) is 0 Å². The third-order valence-electron chi connectivity index (χ3n) is 4.66. The van der Waals surface area contributed by atoms with Gasteiger partial charge in [-0.3, -0.25) is 9.59 Å². The standard InChI is InChI=1S/C17H23N3O3/c1-12-4-5-13(10-15(12)21)16(22)20-9-6-18-11-14(20)17(23)19-7-2-3-8-19/h4-5,10,14,18,21H,2-3,6-9,11H2,1H3/t14-/m1/s1. The van der Waals surface area contributed by atoms with E-state index in [9.17, 15) is 14.7 Å². The number of rotatable bonds is 2. The van der Waals surface area contributed by atoms with Gasteiger partial charge in [0.15, 0.2) is 0 Å². The van der Waals surface area contributed by atoms with Gasteiger partial charge in [-0.15, -0.1) is 0 Å². The van der Waals surface area contributed by atoms with Crippen molar-refractivity contribution in [3.63, 3.8) is 0 Å². The molecule has 2 N–H and O–H groups in total. The highest BCUT2D eigenvalue weighted by atomic mass is 16.3. The Bertz CT molecular complexity index is 611. The predicted molar refractivity (Wildman–Crippen MR) is 86.4 cm³/mol. The van der Waals surface area contributed by atoms with Gasteiger partial charge in [-0.2, -0.15) is 0 Å². The molecule has 0 spiro atoms. The second-order valence-corrected chi connectivity index (χ2v) is 6.25. The van der Waals surface area contributed by atoms with E-state index in [1.165, 1.54) is 6.07 Å². The lowest BCUT2D eigenvalue weighted by Crippen LogP contribution is -2.59. The summed E-state index contributed by atoms with van der Waals surface area (Å²) in [7, 11) is 0. The summed E-state index contributed by atoms with van der Waals surface area (Å²) >= 11 is 0. The Morgan fingerprint density at radius 1 is 1.22 bits per heavy atom. The minimum absolute atomic E-state index is 0.0272. The number of hydrogen-bond donors (Lipinski definition) is 2. The Balaban J connectivity index is 1.81. The van der Waals surface area contributed by atoms with E-state index < -0.39 is 6.04 Å². The Labute approximate surface area is 136 Å². The molecule has 6 heteroatoms. The first-order chi connectivity index (χ1) is 11.1. The summed E-state index contributed by atoms with van der Waals surface area (Å²) in [5.41, 5.74) is 1.15. The zero-order chi connectivity index (χ0) is 16.4. The van der Waals surface area contributed by atoms with Gasteiger partial charge in [0.2, 0.25) is 5.91 Å². The van der Waals surface area contributed by atoms with Crippen LogP contribution in [0.5, 0.6) is 5.75 Å². The van der Waals surface area contributed by atoms with Crippen molar-refractivity contribution in [3.05, 3.63) is 29.3 Å². The van der Waals surface area contributed by atoms with Crippen LogP contribution in [0, 0.1) is 6.92 Å². The molecule has 0 aliphatic carbocycles. The van der Waals surface area contributed by atoms with Gasteiger partial charge >= 0.3 is 0 Å². The zero-order valence-electron chi connectivity index (χ0n) is 13.4. The van der Waals surface area contributed by atoms with E-state index in [0.29, 0.717) is 25.2 Å². The summed E-state index contributed by atoms with van der Waals surface area (Å²) in [4.78, 5) is 29.0. The van der Waals surface area contributed by atoms with Crippen molar-refractivity contribution in [2.24, 2.45) is 0 Å². The Hall–Kier alpha value is -2.08. The molecule has 124 valence electrons. The number of likely N-dealkylation sites (tertiary alicyclic amines) is 1. The van der Waals surface area contributed by atoms with Gasteiger partial charge in [0.1, 0.15) is 11.8 Å². The van der Waals surface area contributed by atoms with E-state index in [1.54, 1.807) is 24.0 Å². The number of phenolic OH excluding ortho intramolecular Hbond substituents is 1. The Kier molecular flexibility index (Phi) is 4.52. The molecule has 1 aromatic rings. The van der Waals surface area contributed by atoms with Crippen LogP contribution in [0.1, 0.15) is 28.8 Å². The maximum absolute atomic E-state index is 12.8. The molecule has 2 heterocycles. The largest absolute Gasteiger partial charge is 0.508 e. The Morgan fingerprint density at radius 2 is 1.96 bits per heavy atom. The van der Waals surface area contributed by atoms with E-state index in [0.717, 1.165) is 31.5 Å². The van der Waals surface area contributed by atoms with Gasteiger partial charge in [-0.05, 0) is 37.5 Å². The zero-order valence-corrected chi connectivity index (χ0v) is 13.4. The maximum Gasteiger partial charge on any atom is 0.254 e. The third-order valence-corrected chi connectivity index (χ3v) is 4.66. The predicted octanol–water partition coefficient (Wildman–Crippen LogP) is 0.737. The van der Waals surface area contributed by atoms with Gasteiger partial charge in [0.05, 0.1) is 0 Å². The number of nitrogens with zero attached hydrogens (tertiary/aromatic N) is 2. The highest BCUT2D eigenvalue weighted by molar-refractivity contribution is 5.98. The van der Waals surface area contributed by atoms with Crippen LogP contribution in [0.3, 0.4) is 0 Å². The molecule has 1 atom stereocenters. The number of phenols is 1. The summed E-state index contributed by atoms with van der Waals surface area (Å²) in [6.45, 7) is 5.00. The molecule has 1 aromatic carbocycles. The lowest BCUT2D eigenvalue weighted by molar-refractivity contribution is -0.135. The second-order valence-electron chi connectivity index (χ2n) is 6.25. The fraction of sp³-hybridized carbons (Fsp3) is 0.529. The molecule has 0 radical (unpaired) electrons. The summed E-state index contributed by atoms with van der Waals surface area (Å²) in [6.07, 6.45) is 2.07. The molecular weight excluding hydrogens is 294 g/mol. The maximum atomic E-state index is 12.8. The van der Waals surface area contributed by atoms with Crippen molar-refractivity contribution in [2.75, 3.05) is 32.7 Å². The van der Waals surface area contributed by atoms with Crippen LogP contribution in [0.2, 0.25) is 0 Å². The van der Waals surface area contributed by atoms with E-state index >= 15 is 0 Å². The van der Waals surface area contributed by atoms with Crippen LogP contribution in [0.25, 0.3) is 0 Å². The summed E-state index contributed by atoms with van der Waals surface area (Å²) in [6, 6.07) is 4.45. The molecule has 3 rings (SSSR count). The molecule has 2 aliphatic heterocycles. The number of nitrogens with one attached hydrogen (secondary N) is 1. The third kappa shape index (κ3) is 3.17. The molecule has 0 saturated carbocycles. The van der Waals surface area contributed by atoms with E-state index in [2.05, 4.69) is 5.32 Å². The molecule has 0 bridgehead atoms. The van der Waals surface area contributed by atoms with Crippen molar-refractivity contribution < 1.29 is 14.7 Å². The quantitative estimate of drug-likeness (QED) is 0.844. The van der Waals surface area contributed by atoms with Gasteiger partial charge in [0, 0.05) is 38.3 Å². The second kappa shape index (κ2) is 6.58. The topological polar surface area (TPSA) is 72.9 Å². The Morgan fingerprint density at radius 3 is 2.65 bits per heavy atom. The van der Waals surface area contributed by atoms with Gasteiger partial charge in [-0.25, -0.2) is 0 Å². The average Bonchev–Trinajstić information content (AvgIpc) is 3.10.